The van der Waals surface area contributed by atoms with E-state index in [1.807, 2.05) is 6.92 Å². The number of nitrogens with one attached hydrogen (secondary N) is 1. The van der Waals surface area contributed by atoms with Gasteiger partial charge < -0.3 is 14.5 Å². The summed E-state index contributed by atoms with van der Waals surface area (Å²) < 4.78 is 10.3. The van der Waals surface area contributed by atoms with Crippen molar-refractivity contribution in [2.75, 3.05) is 11.9 Å². The number of hydrogen-bond donors (Lipinski definition) is 1. The van der Waals surface area contributed by atoms with Crippen molar-refractivity contribution in [3.63, 3.8) is 0 Å². The number of aryl methyl sites for hydroxylation is 3. The highest BCUT2D eigenvalue weighted by atomic mass is 32.1. The Balaban J connectivity index is 2.17. The Morgan fingerprint density at radius 3 is 2.57 bits per heavy atom. The van der Waals surface area contributed by atoms with E-state index in [2.05, 4.69) is 5.32 Å². The molecule has 0 bridgehead atoms. The molecule has 0 aliphatic heterocycles. The predicted molar refractivity (Wildman–Crippen MR) is 81.1 cm³/mol. The molecule has 2 rings (SSSR count). The first-order chi connectivity index (χ1) is 9.92. The van der Waals surface area contributed by atoms with Gasteiger partial charge in [-0.2, -0.15) is 0 Å². The van der Waals surface area contributed by atoms with Crippen molar-refractivity contribution in [2.24, 2.45) is 0 Å². The van der Waals surface area contributed by atoms with E-state index in [0.29, 0.717) is 33.6 Å². The number of anilines is 1. The average molecular weight is 307 g/mol. The third-order valence-corrected chi connectivity index (χ3v) is 4.03. The molecule has 2 aromatic heterocycles. The van der Waals surface area contributed by atoms with Crippen molar-refractivity contribution in [3.05, 3.63) is 39.7 Å². The maximum Gasteiger partial charge on any atom is 0.348 e. The van der Waals surface area contributed by atoms with Crippen LogP contribution in [0, 0.1) is 20.8 Å². The van der Waals surface area contributed by atoms with Gasteiger partial charge in [0.05, 0.1) is 17.2 Å². The van der Waals surface area contributed by atoms with Gasteiger partial charge >= 0.3 is 5.97 Å². The molecule has 0 saturated heterocycles. The van der Waals surface area contributed by atoms with Crippen LogP contribution in [0.15, 0.2) is 16.5 Å². The van der Waals surface area contributed by atoms with E-state index in [0.717, 1.165) is 5.56 Å². The van der Waals surface area contributed by atoms with Gasteiger partial charge in [-0.05, 0) is 45.4 Å². The van der Waals surface area contributed by atoms with Gasteiger partial charge in [0, 0.05) is 0 Å². The molecule has 112 valence electrons. The van der Waals surface area contributed by atoms with Gasteiger partial charge in [-0.25, -0.2) is 4.79 Å². The average Bonchev–Trinajstić information content (AvgIpc) is 2.92. The largest absolute Gasteiger partial charge is 0.466 e. The number of furan rings is 1. The molecule has 0 radical (unpaired) electrons. The standard InChI is InChI=1S/C15H17NO4S/c1-5-19-15(18)13-8(2)6-12(21-13)16-14(17)11-7-9(3)20-10(11)4/h6-7H,5H2,1-4H3,(H,16,17). The van der Waals surface area contributed by atoms with Crippen molar-refractivity contribution in [3.8, 4) is 0 Å². The third kappa shape index (κ3) is 3.33. The zero-order chi connectivity index (χ0) is 15.6. The highest BCUT2D eigenvalue weighted by Gasteiger charge is 2.18. The lowest BCUT2D eigenvalue weighted by molar-refractivity contribution is 0.0531. The highest BCUT2D eigenvalue weighted by Crippen LogP contribution is 2.28. The van der Waals surface area contributed by atoms with Crippen LogP contribution in [0.25, 0.3) is 0 Å². The van der Waals surface area contributed by atoms with Gasteiger partial charge in [0.2, 0.25) is 0 Å². The van der Waals surface area contributed by atoms with Crippen LogP contribution in [0.3, 0.4) is 0 Å². The SMILES string of the molecule is CCOC(=O)c1sc(NC(=O)c2cc(C)oc2C)cc1C. The number of ether oxygens (including phenoxy) is 1. The molecule has 1 N–H and O–H groups in total. The van der Waals surface area contributed by atoms with Crippen molar-refractivity contribution in [1.29, 1.82) is 0 Å². The molecule has 0 unspecified atom stereocenters. The lowest BCUT2D eigenvalue weighted by Gasteiger charge is -2.00. The van der Waals surface area contributed by atoms with Crippen LogP contribution in [0.4, 0.5) is 5.00 Å². The first-order valence-electron chi connectivity index (χ1n) is 6.58. The molecule has 21 heavy (non-hydrogen) atoms. The van der Waals surface area contributed by atoms with Gasteiger partial charge in [-0.1, -0.05) is 0 Å². The predicted octanol–water partition coefficient (Wildman–Crippen LogP) is 3.70. The molecular weight excluding hydrogens is 290 g/mol. The zero-order valence-electron chi connectivity index (χ0n) is 12.4. The highest BCUT2D eigenvalue weighted by molar-refractivity contribution is 7.18. The van der Waals surface area contributed by atoms with Crippen molar-refractivity contribution < 1.29 is 18.7 Å². The van der Waals surface area contributed by atoms with Crippen LogP contribution in [0.5, 0.6) is 0 Å². The summed E-state index contributed by atoms with van der Waals surface area (Å²) in [5.41, 5.74) is 1.28. The van der Waals surface area contributed by atoms with Crippen molar-refractivity contribution >= 4 is 28.2 Å². The fourth-order valence-electron chi connectivity index (χ4n) is 1.98. The number of thiophene rings is 1. The van der Waals surface area contributed by atoms with Gasteiger partial charge in [0.15, 0.2) is 0 Å². The van der Waals surface area contributed by atoms with E-state index in [1.165, 1.54) is 11.3 Å². The molecule has 0 aromatic carbocycles. The molecule has 1 amide bonds. The van der Waals surface area contributed by atoms with E-state index < -0.39 is 0 Å². The van der Waals surface area contributed by atoms with Crippen molar-refractivity contribution in [2.45, 2.75) is 27.7 Å². The van der Waals surface area contributed by atoms with E-state index in [9.17, 15) is 9.59 Å². The molecule has 0 atom stereocenters. The molecule has 0 saturated carbocycles. The summed E-state index contributed by atoms with van der Waals surface area (Å²) >= 11 is 1.21. The second-order valence-corrected chi connectivity index (χ2v) is 5.68. The number of hydrogen-bond acceptors (Lipinski definition) is 5. The number of rotatable bonds is 4. The molecule has 6 heteroatoms. The first-order valence-corrected chi connectivity index (χ1v) is 7.40. The van der Waals surface area contributed by atoms with Crippen LogP contribution >= 0.6 is 11.3 Å². The Morgan fingerprint density at radius 2 is 2.00 bits per heavy atom. The molecule has 0 spiro atoms. The minimum atomic E-state index is -0.365. The Bertz CT molecular complexity index is 684. The molecular formula is C15H17NO4S. The molecule has 5 nitrogen and oxygen atoms in total. The smallest absolute Gasteiger partial charge is 0.348 e. The Morgan fingerprint density at radius 1 is 1.29 bits per heavy atom. The van der Waals surface area contributed by atoms with Gasteiger partial charge in [0.1, 0.15) is 16.4 Å². The Hall–Kier alpha value is -2.08. The summed E-state index contributed by atoms with van der Waals surface area (Å²) in [6, 6.07) is 3.45. The number of esters is 1. The van der Waals surface area contributed by atoms with Gasteiger partial charge in [0.25, 0.3) is 5.91 Å². The monoisotopic (exact) mass is 307 g/mol. The fourth-order valence-corrected chi connectivity index (χ4v) is 2.94. The molecule has 0 fully saturated rings. The Kier molecular flexibility index (Phi) is 4.47. The fraction of sp³-hybridized carbons (Fsp3) is 0.333. The third-order valence-electron chi connectivity index (χ3n) is 2.90. The summed E-state index contributed by atoms with van der Waals surface area (Å²) in [7, 11) is 0. The molecule has 2 heterocycles. The van der Waals surface area contributed by atoms with Crippen molar-refractivity contribution in [1.82, 2.24) is 0 Å². The number of carbonyl (C=O) groups is 2. The minimum absolute atomic E-state index is 0.249. The van der Waals surface area contributed by atoms with Crippen LogP contribution < -0.4 is 5.32 Å². The van der Waals surface area contributed by atoms with E-state index in [4.69, 9.17) is 9.15 Å². The summed E-state index contributed by atoms with van der Waals surface area (Å²) in [6.07, 6.45) is 0. The lowest BCUT2D eigenvalue weighted by atomic mass is 10.2. The van der Waals surface area contributed by atoms with Crippen LogP contribution in [0.2, 0.25) is 0 Å². The second kappa shape index (κ2) is 6.13. The zero-order valence-corrected chi connectivity index (χ0v) is 13.2. The normalized spacial score (nSPS) is 10.5. The van der Waals surface area contributed by atoms with Crippen LogP contribution in [-0.2, 0) is 4.74 Å². The van der Waals surface area contributed by atoms with Gasteiger partial charge in [-0.3, -0.25) is 4.79 Å². The Labute approximate surface area is 126 Å². The topological polar surface area (TPSA) is 68.5 Å². The van der Waals surface area contributed by atoms with E-state index in [-0.39, 0.29) is 11.9 Å². The second-order valence-electron chi connectivity index (χ2n) is 4.62. The summed E-state index contributed by atoms with van der Waals surface area (Å²) in [5, 5.41) is 3.39. The molecule has 0 aliphatic carbocycles. The number of carbonyl (C=O) groups excluding carboxylic acids is 2. The molecule has 2 aromatic rings. The summed E-state index contributed by atoms with van der Waals surface area (Å²) in [5.74, 6) is 0.646. The van der Waals surface area contributed by atoms with E-state index in [1.54, 1.807) is 32.9 Å². The quantitative estimate of drug-likeness (QED) is 0.875. The van der Waals surface area contributed by atoms with E-state index >= 15 is 0 Å². The van der Waals surface area contributed by atoms with Crippen LogP contribution in [-0.4, -0.2) is 18.5 Å². The lowest BCUT2D eigenvalue weighted by Crippen LogP contribution is -2.11. The number of amides is 1. The van der Waals surface area contributed by atoms with Crippen LogP contribution in [0.1, 0.15) is 44.0 Å². The minimum Gasteiger partial charge on any atom is -0.466 e. The molecule has 0 aliphatic rings. The maximum atomic E-state index is 12.2. The summed E-state index contributed by atoms with van der Waals surface area (Å²) in [4.78, 5) is 24.4. The summed E-state index contributed by atoms with van der Waals surface area (Å²) in [6.45, 7) is 7.42. The van der Waals surface area contributed by atoms with Gasteiger partial charge in [-0.15, -0.1) is 11.3 Å². The maximum absolute atomic E-state index is 12.2. The first kappa shape index (κ1) is 15.3.